The number of hydrogen-bond donors (Lipinski definition) is 0. The molecular formula is C27H44O. The summed E-state index contributed by atoms with van der Waals surface area (Å²) in [6, 6.07) is 0. The molecule has 1 nitrogen and oxygen atoms in total. The van der Waals surface area contributed by atoms with E-state index in [1.165, 1.54) is 51.4 Å². The van der Waals surface area contributed by atoms with Gasteiger partial charge in [0, 0.05) is 12.8 Å². The first-order valence-corrected chi connectivity index (χ1v) is 12.5. The van der Waals surface area contributed by atoms with Crippen molar-refractivity contribution in [3.8, 4) is 0 Å². The molecule has 0 radical (unpaired) electrons. The third-order valence-electron chi connectivity index (χ3n) is 10.1. The Morgan fingerprint density at radius 2 is 1.75 bits per heavy atom. The Labute approximate surface area is 174 Å². The molecule has 4 aliphatic carbocycles. The highest BCUT2D eigenvalue weighted by Gasteiger charge is 2.58. The molecule has 0 N–H and O–H groups in total. The number of carbonyl (C=O) groups excluding carboxylic acids is 1. The van der Waals surface area contributed by atoms with Crippen molar-refractivity contribution in [2.45, 2.75) is 105 Å². The maximum absolute atomic E-state index is 12.1. The summed E-state index contributed by atoms with van der Waals surface area (Å²) in [5, 5.41) is 0. The van der Waals surface area contributed by atoms with Gasteiger partial charge in [-0.05, 0) is 84.9 Å². The van der Waals surface area contributed by atoms with E-state index in [0.29, 0.717) is 22.5 Å². The molecule has 0 aromatic rings. The zero-order valence-electron chi connectivity index (χ0n) is 19.2. The lowest BCUT2D eigenvalue weighted by atomic mass is 9.47. The second-order valence-electron chi connectivity index (χ2n) is 12.0. The van der Waals surface area contributed by atoms with Crippen LogP contribution in [0.3, 0.4) is 0 Å². The standard InChI is InChI=1S/C27H44O/c1-18(2)7-6-8-19(3)23-11-12-24-22-10-9-20-17-21(28)13-15-26(20,4)25(22)14-16-27(23,24)5/h10,18-20,23-25H,6-9,11-17H2,1-5H3/t19-,20+,23-,24+,25+,26-,27-/m0/s1. The van der Waals surface area contributed by atoms with Gasteiger partial charge < -0.3 is 0 Å². The van der Waals surface area contributed by atoms with Gasteiger partial charge in [-0.2, -0.15) is 0 Å². The SMILES string of the molecule is CC(C)CCC[C@H](C)[C@@H]1CC[C@@H]2C3=CC[C@@H]4CC(=O)CC[C@]4(C)[C@@H]3CC[C@]21C. The summed E-state index contributed by atoms with van der Waals surface area (Å²) in [6.07, 6.45) is 16.6. The topological polar surface area (TPSA) is 17.1 Å². The Bertz CT molecular complexity index is 630. The van der Waals surface area contributed by atoms with Crippen molar-refractivity contribution in [1.29, 1.82) is 0 Å². The van der Waals surface area contributed by atoms with Gasteiger partial charge in [-0.25, -0.2) is 0 Å². The van der Waals surface area contributed by atoms with Crippen molar-refractivity contribution in [3.05, 3.63) is 11.6 Å². The van der Waals surface area contributed by atoms with Crippen LogP contribution < -0.4 is 0 Å². The number of allylic oxidation sites excluding steroid dienone is 2. The van der Waals surface area contributed by atoms with E-state index in [-0.39, 0.29) is 0 Å². The van der Waals surface area contributed by atoms with Crippen LogP contribution >= 0.6 is 0 Å². The first-order valence-electron chi connectivity index (χ1n) is 12.5. The van der Waals surface area contributed by atoms with E-state index in [1.54, 1.807) is 0 Å². The molecule has 0 amide bonds. The predicted molar refractivity (Wildman–Crippen MR) is 118 cm³/mol. The van der Waals surface area contributed by atoms with Crippen molar-refractivity contribution < 1.29 is 4.79 Å². The number of fused-ring (bicyclic) bond motifs is 5. The Balaban J connectivity index is 1.51. The van der Waals surface area contributed by atoms with Crippen LogP contribution in [0, 0.1) is 46.3 Å². The minimum Gasteiger partial charge on any atom is -0.300 e. The predicted octanol–water partition coefficient (Wildman–Crippen LogP) is 7.60. The molecule has 4 rings (SSSR count). The van der Waals surface area contributed by atoms with E-state index in [1.807, 2.05) is 5.57 Å². The van der Waals surface area contributed by atoms with E-state index in [4.69, 9.17) is 0 Å². The van der Waals surface area contributed by atoms with Crippen LogP contribution in [0.15, 0.2) is 11.6 Å². The fourth-order valence-electron chi connectivity index (χ4n) is 8.33. The third-order valence-corrected chi connectivity index (χ3v) is 10.1. The quantitative estimate of drug-likeness (QED) is 0.446. The van der Waals surface area contributed by atoms with Crippen LogP contribution in [0.4, 0.5) is 0 Å². The van der Waals surface area contributed by atoms with Crippen LogP contribution in [-0.2, 0) is 4.79 Å². The van der Waals surface area contributed by atoms with Crippen LogP contribution in [0.2, 0.25) is 0 Å². The molecule has 0 aromatic heterocycles. The molecule has 28 heavy (non-hydrogen) atoms. The minimum atomic E-state index is 0.403. The molecule has 0 unspecified atom stereocenters. The zero-order chi connectivity index (χ0) is 20.1. The molecule has 3 fully saturated rings. The normalized spacial score (nSPS) is 43.9. The van der Waals surface area contributed by atoms with Crippen LogP contribution in [0.5, 0.6) is 0 Å². The van der Waals surface area contributed by atoms with Gasteiger partial charge in [-0.15, -0.1) is 0 Å². The molecule has 0 saturated heterocycles. The van der Waals surface area contributed by atoms with Crippen molar-refractivity contribution in [1.82, 2.24) is 0 Å². The van der Waals surface area contributed by atoms with E-state index in [9.17, 15) is 4.79 Å². The van der Waals surface area contributed by atoms with E-state index in [2.05, 4.69) is 40.7 Å². The monoisotopic (exact) mass is 384 g/mol. The second-order valence-corrected chi connectivity index (χ2v) is 12.0. The summed E-state index contributed by atoms with van der Waals surface area (Å²) < 4.78 is 0. The number of carbonyl (C=O) groups is 1. The van der Waals surface area contributed by atoms with Crippen LogP contribution in [0.1, 0.15) is 105 Å². The van der Waals surface area contributed by atoms with Gasteiger partial charge in [0.1, 0.15) is 5.78 Å². The summed E-state index contributed by atoms with van der Waals surface area (Å²) in [6.45, 7) is 12.5. The lowest BCUT2D eigenvalue weighted by Gasteiger charge is -2.57. The lowest BCUT2D eigenvalue weighted by Crippen LogP contribution is -2.49. The van der Waals surface area contributed by atoms with E-state index < -0.39 is 0 Å². The lowest BCUT2D eigenvalue weighted by molar-refractivity contribution is -0.127. The smallest absolute Gasteiger partial charge is 0.133 e. The first-order chi connectivity index (χ1) is 13.3. The third kappa shape index (κ3) is 3.33. The average Bonchev–Trinajstić information content (AvgIpc) is 2.99. The van der Waals surface area contributed by atoms with Crippen LogP contribution in [0.25, 0.3) is 0 Å². The van der Waals surface area contributed by atoms with Crippen molar-refractivity contribution >= 4 is 5.78 Å². The van der Waals surface area contributed by atoms with Gasteiger partial charge in [-0.1, -0.05) is 65.5 Å². The molecular weight excluding hydrogens is 340 g/mol. The van der Waals surface area contributed by atoms with Crippen molar-refractivity contribution in [2.75, 3.05) is 0 Å². The summed E-state index contributed by atoms with van der Waals surface area (Å²) in [5.41, 5.74) is 2.78. The fraction of sp³-hybridized carbons (Fsp3) is 0.889. The maximum atomic E-state index is 12.1. The zero-order valence-corrected chi connectivity index (χ0v) is 19.2. The summed E-state index contributed by atoms with van der Waals surface area (Å²) in [4.78, 5) is 12.1. The molecule has 0 spiro atoms. The van der Waals surface area contributed by atoms with E-state index >= 15 is 0 Å². The van der Waals surface area contributed by atoms with E-state index in [0.717, 1.165) is 48.9 Å². The molecule has 0 heterocycles. The molecule has 0 aliphatic heterocycles. The first kappa shape index (κ1) is 20.7. The van der Waals surface area contributed by atoms with Crippen molar-refractivity contribution in [3.63, 3.8) is 0 Å². The Morgan fingerprint density at radius 3 is 2.50 bits per heavy atom. The van der Waals surface area contributed by atoms with Gasteiger partial charge >= 0.3 is 0 Å². The van der Waals surface area contributed by atoms with Gasteiger partial charge in [0.2, 0.25) is 0 Å². The molecule has 7 atom stereocenters. The highest BCUT2D eigenvalue weighted by Crippen LogP contribution is 2.66. The molecule has 3 saturated carbocycles. The molecule has 0 aromatic carbocycles. The number of Topliss-reactive ketones (excluding diaryl/α,β-unsaturated/α-hetero) is 1. The fourth-order valence-corrected chi connectivity index (χ4v) is 8.33. The molecule has 4 aliphatic rings. The Morgan fingerprint density at radius 1 is 1.00 bits per heavy atom. The van der Waals surface area contributed by atoms with Gasteiger partial charge in [-0.3, -0.25) is 4.79 Å². The maximum Gasteiger partial charge on any atom is 0.133 e. The summed E-state index contributed by atoms with van der Waals surface area (Å²) in [7, 11) is 0. The molecule has 0 bridgehead atoms. The highest BCUT2D eigenvalue weighted by molar-refractivity contribution is 5.79. The molecule has 158 valence electrons. The number of hydrogen-bond acceptors (Lipinski definition) is 1. The van der Waals surface area contributed by atoms with Gasteiger partial charge in [0.25, 0.3) is 0 Å². The highest BCUT2D eigenvalue weighted by atomic mass is 16.1. The minimum absolute atomic E-state index is 0.403. The van der Waals surface area contributed by atoms with Crippen LogP contribution in [-0.4, -0.2) is 5.78 Å². The second kappa shape index (κ2) is 7.59. The summed E-state index contributed by atoms with van der Waals surface area (Å²) >= 11 is 0. The Kier molecular flexibility index (Phi) is 5.60. The molecule has 1 heteroatoms. The number of rotatable bonds is 5. The van der Waals surface area contributed by atoms with Gasteiger partial charge in [0.05, 0.1) is 0 Å². The average molecular weight is 385 g/mol. The Hall–Kier alpha value is -0.590. The summed E-state index contributed by atoms with van der Waals surface area (Å²) in [5.74, 6) is 5.40. The largest absolute Gasteiger partial charge is 0.300 e. The van der Waals surface area contributed by atoms with Crippen molar-refractivity contribution in [2.24, 2.45) is 46.3 Å². The van der Waals surface area contributed by atoms with Gasteiger partial charge in [0.15, 0.2) is 0 Å². The number of ketones is 1.